The number of furan rings is 1. The number of carbonyl (C=O) groups is 1. The Morgan fingerprint density at radius 1 is 1.33 bits per heavy atom. The van der Waals surface area contributed by atoms with Gasteiger partial charge in [0, 0.05) is 20.2 Å². The summed E-state index contributed by atoms with van der Waals surface area (Å²) in [7, 11) is 3.02. The fraction of sp³-hybridized carbons (Fsp3) is 0.625. The van der Waals surface area contributed by atoms with E-state index in [2.05, 4.69) is 15.6 Å². The van der Waals surface area contributed by atoms with Gasteiger partial charge in [0.2, 0.25) is 0 Å². The predicted octanol–water partition coefficient (Wildman–Crippen LogP) is 2.47. The van der Waals surface area contributed by atoms with E-state index in [-0.39, 0.29) is 29.6 Å². The molecule has 8 heteroatoms. The Bertz CT molecular complexity index is 556. The second kappa shape index (κ2) is 10.5. The van der Waals surface area contributed by atoms with Crippen LogP contribution in [0.4, 0.5) is 0 Å². The first-order chi connectivity index (χ1) is 10.8. The summed E-state index contributed by atoms with van der Waals surface area (Å²) < 4.78 is 15.6. The minimum Gasteiger partial charge on any atom is -0.465 e. The molecule has 0 aliphatic heterocycles. The molecule has 0 amide bonds. The molecule has 1 heterocycles. The zero-order valence-corrected chi connectivity index (χ0v) is 17.5. The predicted molar refractivity (Wildman–Crippen MR) is 104 cm³/mol. The molecule has 0 saturated heterocycles. The first kappa shape index (κ1) is 22.7. The Hall–Kier alpha value is -1.29. The van der Waals surface area contributed by atoms with Gasteiger partial charge in [-0.15, -0.1) is 24.0 Å². The minimum absolute atomic E-state index is 0. The molecule has 1 rings (SSSR count). The summed E-state index contributed by atoms with van der Waals surface area (Å²) in [5, 5.41) is 6.37. The largest absolute Gasteiger partial charge is 0.465 e. The average molecular weight is 453 g/mol. The van der Waals surface area contributed by atoms with Crippen molar-refractivity contribution < 1.29 is 18.7 Å². The molecule has 0 aromatic carbocycles. The molecule has 0 radical (unpaired) electrons. The van der Waals surface area contributed by atoms with E-state index in [9.17, 15) is 4.79 Å². The molecule has 2 N–H and O–H groups in total. The topological polar surface area (TPSA) is 85.1 Å². The zero-order chi connectivity index (χ0) is 17.5. The Morgan fingerprint density at radius 2 is 2.00 bits per heavy atom. The van der Waals surface area contributed by atoms with Gasteiger partial charge in [-0.3, -0.25) is 0 Å². The average Bonchev–Trinajstić information content (AvgIpc) is 2.90. The third-order valence-corrected chi connectivity index (χ3v) is 3.35. The Balaban J connectivity index is 0.00000529. The molecule has 0 bridgehead atoms. The quantitative estimate of drug-likeness (QED) is 0.286. The van der Waals surface area contributed by atoms with Crippen molar-refractivity contribution in [3.63, 3.8) is 0 Å². The number of halogens is 1. The number of guanidine groups is 1. The molecule has 0 spiro atoms. The normalized spacial score (nSPS) is 11.7. The number of methoxy groups -OCH3 is 2. The van der Waals surface area contributed by atoms with Crippen molar-refractivity contribution in [2.45, 2.75) is 39.8 Å². The first-order valence-corrected chi connectivity index (χ1v) is 7.58. The number of nitrogens with zero attached hydrogens (tertiary/aromatic N) is 1. The number of hydrogen-bond donors (Lipinski definition) is 2. The Morgan fingerprint density at radius 3 is 2.54 bits per heavy atom. The highest BCUT2D eigenvalue weighted by Crippen LogP contribution is 2.16. The Kier molecular flexibility index (Phi) is 9.98. The van der Waals surface area contributed by atoms with Crippen molar-refractivity contribution in [1.82, 2.24) is 10.6 Å². The third kappa shape index (κ3) is 7.08. The third-order valence-electron chi connectivity index (χ3n) is 3.35. The van der Waals surface area contributed by atoms with Crippen molar-refractivity contribution >= 4 is 35.9 Å². The maximum absolute atomic E-state index is 11.6. The summed E-state index contributed by atoms with van der Waals surface area (Å²) >= 11 is 0. The fourth-order valence-electron chi connectivity index (χ4n) is 1.80. The lowest BCUT2D eigenvalue weighted by Gasteiger charge is -2.24. The summed E-state index contributed by atoms with van der Waals surface area (Å²) in [6.45, 7) is 9.36. The van der Waals surface area contributed by atoms with E-state index in [1.807, 2.05) is 20.8 Å². The highest BCUT2D eigenvalue weighted by Gasteiger charge is 2.17. The van der Waals surface area contributed by atoms with E-state index in [1.54, 1.807) is 20.1 Å². The molecule has 1 aromatic rings. The number of hydrogen-bond acceptors (Lipinski definition) is 5. The van der Waals surface area contributed by atoms with Crippen molar-refractivity contribution in [2.24, 2.45) is 4.99 Å². The lowest BCUT2D eigenvalue weighted by Crippen LogP contribution is -2.45. The number of aliphatic imine (C=N–C) groups is 1. The summed E-state index contributed by atoms with van der Waals surface area (Å²) in [5.41, 5.74) is 0.131. The van der Waals surface area contributed by atoms with Gasteiger partial charge < -0.3 is 24.5 Å². The van der Waals surface area contributed by atoms with Crippen molar-refractivity contribution in [1.29, 1.82) is 0 Å². The van der Waals surface area contributed by atoms with Crippen molar-refractivity contribution in [2.75, 3.05) is 27.3 Å². The lowest BCUT2D eigenvalue weighted by atomic mass is 10.1. The number of carbonyl (C=O) groups excluding carboxylic acids is 1. The van der Waals surface area contributed by atoms with Gasteiger partial charge in [0.15, 0.2) is 5.96 Å². The van der Waals surface area contributed by atoms with Crippen LogP contribution in [0, 0.1) is 6.92 Å². The molecule has 138 valence electrons. The van der Waals surface area contributed by atoms with Gasteiger partial charge in [-0.25, -0.2) is 9.79 Å². The molecule has 1 aromatic heterocycles. The summed E-state index contributed by atoms with van der Waals surface area (Å²) in [6, 6.07) is 1.66. The van der Waals surface area contributed by atoms with Crippen LogP contribution in [0.25, 0.3) is 0 Å². The first-order valence-electron chi connectivity index (χ1n) is 7.58. The van der Waals surface area contributed by atoms with Crippen LogP contribution in [-0.4, -0.2) is 44.8 Å². The van der Waals surface area contributed by atoms with Crippen LogP contribution in [0.2, 0.25) is 0 Å². The molecule has 0 atom stereocenters. The SMILES string of the molecule is CCNC(=NCc1cc(C(=O)OC)c(C)o1)NCC(C)(C)OC.I. The van der Waals surface area contributed by atoms with Gasteiger partial charge in [0.05, 0.1) is 12.7 Å². The maximum atomic E-state index is 11.6. The summed E-state index contributed by atoms with van der Waals surface area (Å²) in [4.78, 5) is 16.0. The van der Waals surface area contributed by atoms with Gasteiger partial charge in [-0.1, -0.05) is 0 Å². The van der Waals surface area contributed by atoms with Gasteiger partial charge in [0.25, 0.3) is 0 Å². The number of nitrogens with one attached hydrogen (secondary N) is 2. The number of ether oxygens (including phenoxy) is 2. The van der Waals surface area contributed by atoms with Crippen LogP contribution in [0.15, 0.2) is 15.5 Å². The number of esters is 1. The van der Waals surface area contributed by atoms with Gasteiger partial charge in [-0.05, 0) is 33.8 Å². The number of aryl methyl sites for hydroxylation is 1. The van der Waals surface area contributed by atoms with Crippen LogP contribution < -0.4 is 10.6 Å². The minimum atomic E-state index is -0.409. The highest BCUT2D eigenvalue weighted by atomic mass is 127. The molecule has 0 aliphatic rings. The second-order valence-electron chi connectivity index (χ2n) is 5.69. The molecular weight excluding hydrogens is 425 g/mol. The molecule has 0 fully saturated rings. The van der Waals surface area contributed by atoms with Crippen molar-refractivity contribution in [3.8, 4) is 0 Å². The second-order valence-corrected chi connectivity index (χ2v) is 5.69. The smallest absolute Gasteiger partial charge is 0.341 e. The molecule has 0 unspecified atom stereocenters. The summed E-state index contributed by atoms with van der Waals surface area (Å²) in [6.07, 6.45) is 0. The van der Waals surface area contributed by atoms with Crippen LogP contribution in [0.1, 0.15) is 42.6 Å². The van der Waals surface area contributed by atoms with Gasteiger partial charge >= 0.3 is 5.97 Å². The number of rotatable bonds is 7. The maximum Gasteiger partial charge on any atom is 0.341 e. The summed E-state index contributed by atoms with van der Waals surface area (Å²) in [5.74, 6) is 1.38. The monoisotopic (exact) mass is 453 g/mol. The van der Waals surface area contributed by atoms with E-state index < -0.39 is 5.97 Å². The molecule has 7 nitrogen and oxygen atoms in total. The van der Waals surface area contributed by atoms with Crippen LogP contribution in [0.3, 0.4) is 0 Å². The lowest BCUT2D eigenvalue weighted by molar-refractivity contribution is 0.0268. The van der Waals surface area contributed by atoms with E-state index in [4.69, 9.17) is 13.9 Å². The van der Waals surface area contributed by atoms with E-state index in [1.165, 1.54) is 7.11 Å². The van der Waals surface area contributed by atoms with Gasteiger partial charge in [-0.2, -0.15) is 0 Å². The fourth-order valence-corrected chi connectivity index (χ4v) is 1.80. The van der Waals surface area contributed by atoms with Crippen LogP contribution >= 0.6 is 24.0 Å². The van der Waals surface area contributed by atoms with Gasteiger partial charge in [0.1, 0.15) is 23.6 Å². The van der Waals surface area contributed by atoms with E-state index >= 15 is 0 Å². The van der Waals surface area contributed by atoms with E-state index in [0.717, 1.165) is 6.54 Å². The van der Waals surface area contributed by atoms with E-state index in [0.29, 0.717) is 36.1 Å². The molecule has 0 aliphatic carbocycles. The molecular formula is C16H28IN3O4. The van der Waals surface area contributed by atoms with Crippen LogP contribution in [-0.2, 0) is 16.0 Å². The molecule has 24 heavy (non-hydrogen) atoms. The standard InChI is InChI=1S/C16H27N3O4.HI/c1-7-17-15(19-10-16(3,4)22-6)18-9-12-8-13(11(2)23-12)14(20)21-5;/h8H,7,9-10H2,1-6H3,(H2,17,18,19);1H. The van der Waals surface area contributed by atoms with Crippen LogP contribution in [0.5, 0.6) is 0 Å². The highest BCUT2D eigenvalue weighted by molar-refractivity contribution is 14.0. The zero-order valence-electron chi connectivity index (χ0n) is 15.2. The molecule has 0 saturated carbocycles. The van der Waals surface area contributed by atoms with Crippen molar-refractivity contribution in [3.05, 3.63) is 23.2 Å². The Labute approximate surface area is 160 Å².